The summed E-state index contributed by atoms with van der Waals surface area (Å²) in [6.45, 7) is 3.86. The van der Waals surface area contributed by atoms with Gasteiger partial charge in [0.05, 0.1) is 25.4 Å². The molecule has 6 N–H and O–H groups in total. The number of hydrogen-bond donors (Lipinski definition) is 6. The summed E-state index contributed by atoms with van der Waals surface area (Å²) in [7, 11) is 0. The van der Waals surface area contributed by atoms with E-state index >= 15 is 0 Å². The number of allylic oxidation sites excluding steroid dienone is 4. The average Bonchev–Trinajstić information content (AvgIpc) is 3.38. The molecule has 1 aliphatic heterocycles. The van der Waals surface area contributed by atoms with E-state index < -0.39 is 49.5 Å². The third-order valence-corrected chi connectivity index (χ3v) is 15.3. The molecule has 9 heteroatoms. The van der Waals surface area contributed by atoms with Crippen molar-refractivity contribution in [3.63, 3.8) is 0 Å². The molecule has 0 radical (unpaired) electrons. The number of amides is 1. The van der Waals surface area contributed by atoms with E-state index in [2.05, 4.69) is 43.5 Å². The molecule has 1 fully saturated rings. The maximum absolute atomic E-state index is 13.1. The topological polar surface area (TPSA) is 149 Å². The Labute approximate surface area is 445 Å². The van der Waals surface area contributed by atoms with Crippen molar-refractivity contribution in [3.05, 3.63) is 24.3 Å². The number of aliphatic hydroxyl groups excluding tert-OH is 5. The van der Waals surface area contributed by atoms with Crippen LogP contribution in [0.15, 0.2) is 24.3 Å². The second kappa shape index (κ2) is 53.1. The van der Waals surface area contributed by atoms with Crippen molar-refractivity contribution in [2.45, 2.75) is 358 Å². The molecule has 7 unspecified atom stereocenters. The Hall–Kier alpha value is -1.33. The maximum Gasteiger partial charge on any atom is 0.220 e. The van der Waals surface area contributed by atoms with E-state index in [0.29, 0.717) is 12.8 Å². The Bertz CT molecular complexity index is 1180. The molecule has 9 nitrogen and oxygen atoms in total. The van der Waals surface area contributed by atoms with Crippen molar-refractivity contribution in [1.29, 1.82) is 0 Å². The fraction of sp³-hybridized carbons (Fsp3) is 0.921. The lowest BCUT2D eigenvalue weighted by molar-refractivity contribution is -0.302. The first-order chi connectivity index (χ1) is 35.3. The van der Waals surface area contributed by atoms with Crippen LogP contribution in [0.4, 0.5) is 0 Å². The monoisotopic (exact) mass is 1020 g/mol. The van der Waals surface area contributed by atoms with Crippen molar-refractivity contribution in [3.8, 4) is 0 Å². The number of ether oxygens (including phenoxy) is 2. The highest BCUT2D eigenvalue weighted by Crippen LogP contribution is 2.23. The number of carbonyl (C=O) groups is 1. The van der Waals surface area contributed by atoms with Gasteiger partial charge < -0.3 is 40.3 Å². The second-order valence-corrected chi connectivity index (χ2v) is 22.2. The van der Waals surface area contributed by atoms with Gasteiger partial charge in [-0.05, 0) is 44.9 Å². The number of carbonyl (C=O) groups excluding carboxylic acids is 1. The summed E-state index contributed by atoms with van der Waals surface area (Å²) in [5, 5.41) is 54.6. The first kappa shape index (κ1) is 68.7. The second-order valence-electron chi connectivity index (χ2n) is 22.2. The first-order valence-electron chi connectivity index (χ1n) is 31.5. The van der Waals surface area contributed by atoms with Crippen molar-refractivity contribution >= 4 is 5.91 Å². The Morgan fingerprint density at radius 2 is 0.819 bits per heavy atom. The smallest absolute Gasteiger partial charge is 0.220 e. The number of hydrogen-bond acceptors (Lipinski definition) is 8. The van der Waals surface area contributed by atoms with Crippen LogP contribution in [0.5, 0.6) is 0 Å². The minimum absolute atomic E-state index is 0.134. The van der Waals surface area contributed by atoms with Gasteiger partial charge in [-0.2, -0.15) is 0 Å². The molecule has 1 amide bonds. The van der Waals surface area contributed by atoms with Gasteiger partial charge in [-0.15, -0.1) is 0 Å². The van der Waals surface area contributed by atoms with Gasteiger partial charge >= 0.3 is 0 Å². The van der Waals surface area contributed by atoms with Crippen LogP contribution < -0.4 is 5.32 Å². The van der Waals surface area contributed by atoms with Gasteiger partial charge in [0.1, 0.15) is 24.4 Å². The van der Waals surface area contributed by atoms with E-state index in [4.69, 9.17) is 9.47 Å². The molecule has 0 aromatic carbocycles. The normalized spacial score (nSPS) is 19.2. The zero-order valence-corrected chi connectivity index (χ0v) is 47.5. The third-order valence-electron chi connectivity index (χ3n) is 15.3. The van der Waals surface area contributed by atoms with Gasteiger partial charge in [-0.1, -0.05) is 289 Å². The SMILES string of the molecule is CCCCCCCCCCCCCCC/C=C\C/C=C\CCCCCCCCCCCCCCCCCCCC(=O)NC(COC1OC(CO)C(O)C(O)C1O)C(O)CCCCCCCCCCCCCC. The Kier molecular flexibility index (Phi) is 50.6. The standard InChI is InChI=1S/C63H121NO8/c1-3-5-7-9-11-13-15-17-18-19-20-21-22-23-24-25-26-27-28-29-30-31-32-33-34-35-36-37-38-39-40-41-43-45-47-49-51-53-59(67)64-56(55-71-63-62(70)61(69)60(68)58(54-65)72-63)57(66)52-50-48-46-44-42-16-14-12-10-8-6-4-2/h24-25,27-28,56-58,60-63,65-66,68-70H,3-23,26,29-55H2,1-2H3,(H,64,67)/b25-24-,28-27-. The molecule has 0 aliphatic carbocycles. The van der Waals surface area contributed by atoms with Crippen molar-refractivity contribution in [2.75, 3.05) is 13.2 Å². The number of aliphatic hydroxyl groups is 5. The molecule has 0 bridgehead atoms. The molecule has 0 aromatic heterocycles. The third kappa shape index (κ3) is 41.9. The van der Waals surface area contributed by atoms with Crippen LogP contribution in [0.1, 0.15) is 316 Å². The fourth-order valence-electron chi connectivity index (χ4n) is 10.3. The minimum Gasteiger partial charge on any atom is -0.394 e. The average molecular weight is 1020 g/mol. The van der Waals surface area contributed by atoms with Gasteiger partial charge in [0.2, 0.25) is 5.91 Å². The van der Waals surface area contributed by atoms with Gasteiger partial charge in [-0.25, -0.2) is 0 Å². The van der Waals surface area contributed by atoms with Crippen LogP contribution in [0.25, 0.3) is 0 Å². The van der Waals surface area contributed by atoms with Gasteiger partial charge in [0.15, 0.2) is 6.29 Å². The molecular formula is C63H121NO8. The fourth-order valence-corrected chi connectivity index (χ4v) is 10.3. The van der Waals surface area contributed by atoms with Gasteiger partial charge in [-0.3, -0.25) is 4.79 Å². The zero-order chi connectivity index (χ0) is 52.2. The van der Waals surface area contributed by atoms with Crippen molar-refractivity contribution in [1.82, 2.24) is 5.32 Å². The molecular weight excluding hydrogens is 899 g/mol. The van der Waals surface area contributed by atoms with Crippen LogP contribution in [0.2, 0.25) is 0 Å². The van der Waals surface area contributed by atoms with E-state index in [1.54, 1.807) is 0 Å². The highest BCUT2D eigenvalue weighted by atomic mass is 16.7. The van der Waals surface area contributed by atoms with Crippen LogP contribution in [0, 0.1) is 0 Å². The summed E-state index contributed by atoms with van der Waals surface area (Å²) in [5.74, 6) is -0.140. The van der Waals surface area contributed by atoms with Crippen LogP contribution in [-0.4, -0.2) is 87.5 Å². The van der Waals surface area contributed by atoms with E-state index in [1.165, 1.54) is 244 Å². The number of nitrogens with one attached hydrogen (secondary N) is 1. The quantitative estimate of drug-likeness (QED) is 0.0261. The Balaban J connectivity index is 2.04. The largest absolute Gasteiger partial charge is 0.394 e. The summed E-state index contributed by atoms with van der Waals surface area (Å²) in [6.07, 6.45) is 61.1. The summed E-state index contributed by atoms with van der Waals surface area (Å²) < 4.78 is 11.3. The van der Waals surface area contributed by atoms with Crippen LogP contribution >= 0.6 is 0 Å². The summed E-state index contributed by atoms with van der Waals surface area (Å²) in [6, 6.07) is -0.716. The molecule has 1 rings (SSSR count). The predicted octanol–water partition coefficient (Wildman–Crippen LogP) is 16.1. The van der Waals surface area contributed by atoms with Crippen LogP contribution in [0.3, 0.4) is 0 Å². The van der Waals surface area contributed by atoms with E-state index in [-0.39, 0.29) is 12.5 Å². The predicted molar refractivity (Wildman–Crippen MR) is 304 cm³/mol. The molecule has 0 aromatic rings. The lowest BCUT2D eigenvalue weighted by Gasteiger charge is -2.40. The number of unbranched alkanes of at least 4 members (excludes halogenated alkanes) is 41. The van der Waals surface area contributed by atoms with Crippen molar-refractivity contribution in [2.24, 2.45) is 0 Å². The molecule has 0 spiro atoms. The molecule has 72 heavy (non-hydrogen) atoms. The summed E-state index contributed by atoms with van der Waals surface area (Å²) >= 11 is 0. The molecule has 1 saturated heterocycles. The molecule has 1 aliphatic rings. The molecule has 1 heterocycles. The van der Waals surface area contributed by atoms with Gasteiger partial charge in [0.25, 0.3) is 0 Å². The highest BCUT2D eigenvalue weighted by Gasteiger charge is 2.44. The van der Waals surface area contributed by atoms with E-state index in [1.807, 2.05) is 0 Å². The Morgan fingerprint density at radius 1 is 0.472 bits per heavy atom. The Morgan fingerprint density at radius 3 is 1.19 bits per heavy atom. The van der Waals surface area contributed by atoms with E-state index in [9.17, 15) is 30.3 Å². The lowest BCUT2D eigenvalue weighted by Crippen LogP contribution is -2.60. The van der Waals surface area contributed by atoms with Crippen molar-refractivity contribution < 1.29 is 39.8 Å². The molecule has 0 saturated carbocycles. The molecule has 426 valence electrons. The highest BCUT2D eigenvalue weighted by molar-refractivity contribution is 5.76. The minimum atomic E-state index is -1.55. The summed E-state index contributed by atoms with van der Waals surface area (Å²) in [5.41, 5.74) is 0. The first-order valence-corrected chi connectivity index (χ1v) is 31.5. The van der Waals surface area contributed by atoms with E-state index in [0.717, 1.165) is 44.9 Å². The van der Waals surface area contributed by atoms with Gasteiger partial charge in [0, 0.05) is 6.42 Å². The molecule has 7 atom stereocenters. The lowest BCUT2D eigenvalue weighted by atomic mass is 9.99. The zero-order valence-electron chi connectivity index (χ0n) is 47.5. The maximum atomic E-state index is 13.1. The summed E-state index contributed by atoms with van der Waals surface area (Å²) in [4.78, 5) is 13.1. The van der Waals surface area contributed by atoms with Crippen LogP contribution in [-0.2, 0) is 14.3 Å². The number of rotatable bonds is 55.